The van der Waals surface area contributed by atoms with Crippen LogP contribution < -0.4 is 5.32 Å². The number of rotatable bonds is 6. The largest absolute Gasteiger partial charge is 0.374 e. The Hall–Kier alpha value is -1.86. The van der Waals surface area contributed by atoms with Crippen molar-refractivity contribution in [2.24, 2.45) is 0 Å². The van der Waals surface area contributed by atoms with Gasteiger partial charge in [0.25, 0.3) is 0 Å². The van der Waals surface area contributed by atoms with E-state index in [1.54, 1.807) is 7.11 Å². The van der Waals surface area contributed by atoms with Crippen molar-refractivity contribution in [3.63, 3.8) is 0 Å². The number of aromatic nitrogens is 2. The molecule has 0 amide bonds. The van der Waals surface area contributed by atoms with Gasteiger partial charge >= 0.3 is 0 Å². The lowest BCUT2D eigenvalue weighted by Crippen LogP contribution is -2.18. The first kappa shape index (κ1) is 15.5. The van der Waals surface area contributed by atoms with Crippen molar-refractivity contribution in [2.75, 3.05) is 7.11 Å². The van der Waals surface area contributed by atoms with Crippen LogP contribution in [-0.4, -0.2) is 17.3 Å². The highest BCUT2D eigenvalue weighted by Gasteiger charge is 2.14. The van der Waals surface area contributed by atoms with Crippen LogP contribution in [0.5, 0.6) is 0 Å². The topological polar surface area (TPSA) is 60.2 Å². The van der Waals surface area contributed by atoms with Crippen molar-refractivity contribution in [1.29, 1.82) is 0 Å². The maximum Gasteiger partial charge on any atom is 0.240 e. The quantitative estimate of drug-likeness (QED) is 0.888. The molecule has 0 bridgehead atoms. The predicted octanol–water partition coefficient (Wildman–Crippen LogP) is 2.91. The SMILES string of the molecule is CO[C@@H](C)c1noc(CN[C@@H](C)c2ccc(F)c(F)c2)n1. The fraction of sp³-hybridized carbons (Fsp3) is 0.429. The average Bonchev–Trinajstić information content (AvgIpc) is 2.95. The molecule has 2 atom stereocenters. The summed E-state index contributed by atoms with van der Waals surface area (Å²) < 4.78 is 36.2. The molecule has 0 saturated heterocycles. The van der Waals surface area contributed by atoms with Gasteiger partial charge in [0.2, 0.25) is 5.89 Å². The monoisotopic (exact) mass is 297 g/mol. The maximum absolute atomic E-state index is 13.2. The summed E-state index contributed by atoms with van der Waals surface area (Å²) in [5, 5.41) is 6.91. The number of halogens is 2. The Labute approximate surface area is 121 Å². The molecule has 21 heavy (non-hydrogen) atoms. The van der Waals surface area contributed by atoms with Crippen molar-refractivity contribution in [1.82, 2.24) is 15.5 Å². The van der Waals surface area contributed by atoms with Gasteiger partial charge in [0.05, 0.1) is 6.54 Å². The van der Waals surface area contributed by atoms with Crippen molar-refractivity contribution < 1.29 is 18.0 Å². The first-order valence-electron chi connectivity index (χ1n) is 6.55. The van der Waals surface area contributed by atoms with E-state index in [0.29, 0.717) is 23.8 Å². The number of methoxy groups -OCH3 is 1. The standard InChI is InChI=1S/C14H17F2N3O2/c1-8(10-4-5-11(15)12(16)6-10)17-7-13-18-14(19-21-13)9(2)20-3/h4-6,8-9,17H,7H2,1-3H3/t8-,9-/m0/s1. The minimum Gasteiger partial charge on any atom is -0.374 e. The molecule has 5 nitrogen and oxygen atoms in total. The number of nitrogens with one attached hydrogen (secondary N) is 1. The lowest BCUT2D eigenvalue weighted by Gasteiger charge is -2.12. The molecule has 0 fully saturated rings. The maximum atomic E-state index is 13.2. The Morgan fingerprint density at radius 3 is 2.71 bits per heavy atom. The van der Waals surface area contributed by atoms with Gasteiger partial charge in [0.1, 0.15) is 6.10 Å². The summed E-state index contributed by atoms with van der Waals surface area (Å²) in [7, 11) is 1.56. The minimum atomic E-state index is -0.866. The average molecular weight is 297 g/mol. The molecule has 1 aromatic heterocycles. The summed E-state index contributed by atoms with van der Waals surface area (Å²) in [5.41, 5.74) is 0.638. The second-order valence-corrected chi connectivity index (χ2v) is 4.70. The van der Waals surface area contributed by atoms with Gasteiger partial charge in [-0.15, -0.1) is 0 Å². The van der Waals surface area contributed by atoms with Crippen LogP contribution in [0.15, 0.2) is 22.7 Å². The number of hydrogen-bond donors (Lipinski definition) is 1. The zero-order valence-corrected chi connectivity index (χ0v) is 12.1. The van der Waals surface area contributed by atoms with E-state index in [1.807, 2.05) is 13.8 Å². The van der Waals surface area contributed by atoms with Crippen LogP contribution in [0.3, 0.4) is 0 Å². The first-order chi connectivity index (χ1) is 10.0. The Morgan fingerprint density at radius 1 is 1.29 bits per heavy atom. The van der Waals surface area contributed by atoms with Gasteiger partial charge in [-0.05, 0) is 31.5 Å². The lowest BCUT2D eigenvalue weighted by atomic mass is 10.1. The Bertz CT molecular complexity index is 604. The zero-order chi connectivity index (χ0) is 15.4. The van der Waals surface area contributed by atoms with Crippen molar-refractivity contribution >= 4 is 0 Å². The third kappa shape index (κ3) is 3.83. The molecular formula is C14H17F2N3O2. The summed E-state index contributed by atoms with van der Waals surface area (Å²) >= 11 is 0. The van der Waals surface area contributed by atoms with E-state index in [4.69, 9.17) is 9.26 Å². The summed E-state index contributed by atoms with van der Waals surface area (Å²) in [5.74, 6) is -0.852. The van der Waals surface area contributed by atoms with Crippen LogP contribution in [0.25, 0.3) is 0 Å². The highest BCUT2D eigenvalue weighted by molar-refractivity contribution is 5.20. The molecule has 7 heteroatoms. The van der Waals surface area contributed by atoms with Gasteiger partial charge in [-0.2, -0.15) is 4.98 Å². The van der Waals surface area contributed by atoms with Crippen molar-refractivity contribution in [3.05, 3.63) is 47.1 Å². The number of ether oxygens (including phenoxy) is 1. The van der Waals surface area contributed by atoms with E-state index < -0.39 is 11.6 Å². The van der Waals surface area contributed by atoms with E-state index in [-0.39, 0.29) is 12.1 Å². The smallest absolute Gasteiger partial charge is 0.240 e. The Morgan fingerprint density at radius 2 is 2.05 bits per heavy atom. The fourth-order valence-electron chi connectivity index (χ4n) is 1.75. The molecule has 2 aromatic rings. The van der Waals surface area contributed by atoms with E-state index in [2.05, 4.69) is 15.5 Å². The van der Waals surface area contributed by atoms with Crippen LogP contribution in [0, 0.1) is 11.6 Å². The van der Waals surface area contributed by atoms with Crippen LogP contribution in [0.1, 0.15) is 43.3 Å². The lowest BCUT2D eigenvalue weighted by molar-refractivity contribution is 0.109. The molecule has 0 spiro atoms. The van der Waals surface area contributed by atoms with Gasteiger partial charge in [-0.25, -0.2) is 8.78 Å². The molecule has 1 heterocycles. The fourth-order valence-corrected chi connectivity index (χ4v) is 1.75. The first-order valence-corrected chi connectivity index (χ1v) is 6.55. The van der Waals surface area contributed by atoms with Gasteiger partial charge in [0, 0.05) is 13.2 Å². The minimum absolute atomic E-state index is 0.185. The molecule has 0 radical (unpaired) electrons. The number of benzene rings is 1. The van der Waals surface area contributed by atoms with Gasteiger partial charge < -0.3 is 14.6 Å². The number of nitrogens with zero attached hydrogens (tertiary/aromatic N) is 2. The van der Waals surface area contributed by atoms with Crippen LogP contribution in [0.2, 0.25) is 0 Å². The summed E-state index contributed by atoms with van der Waals surface area (Å²) in [6.45, 7) is 3.97. The molecule has 0 aliphatic heterocycles. The molecule has 0 aliphatic rings. The van der Waals surface area contributed by atoms with Crippen LogP contribution in [0.4, 0.5) is 8.78 Å². The summed E-state index contributed by atoms with van der Waals surface area (Å²) in [6.07, 6.45) is -0.244. The highest BCUT2D eigenvalue weighted by Crippen LogP contribution is 2.17. The van der Waals surface area contributed by atoms with E-state index in [9.17, 15) is 8.78 Å². The van der Waals surface area contributed by atoms with Gasteiger partial charge in [-0.3, -0.25) is 0 Å². The number of hydrogen-bond acceptors (Lipinski definition) is 5. The van der Waals surface area contributed by atoms with Gasteiger partial charge in [0.15, 0.2) is 17.5 Å². The molecule has 0 aliphatic carbocycles. The third-order valence-corrected chi connectivity index (χ3v) is 3.20. The zero-order valence-electron chi connectivity index (χ0n) is 12.1. The van der Waals surface area contributed by atoms with Crippen LogP contribution in [-0.2, 0) is 11.3 Å². The molecular weight excluding hydrogens is 280 g/mol. The second kappa shape index (κ2) is 6.73. The van der Waals surface area contributed by atoms with E-state index >= 15 is 0 Å². The molecule has 0 unspecified atom stereocenters. The predicted molar refractivity (Wildman–Crippen MR) is 71.3 cm³/mol. The molecule has 0 saturated carbocycles. The Kier molecular flexibility index (Phi) is 4.98. The summed E-state index contributed by atoms with van der Waals surface area (Å²) in [4.78, 5) is 4.18. The summed E-state index contributed by atoms with van der Waals surface area (Å²) in [6, 6.07) is 3.62. The molecule has 114 valence electrons. The molecule has 1 N–H and O–H groups in total. The normalized spacial score (nSPS) is 14.1. The molecule has 2 rings (SSSR count). The highest BCUT2D eigenvalue weighted by atomic mass is 19.2. The van der Waals surface area contributed by atoms with Crippen molar-refractivity contribution in [2.45, 2.75) is 32.5 Å². The second-order valence-electron chi connectivity index (χ2n) is 4.70. The third-order valence-electron chi connectivity index (χ3n) is 3.20. The van der Waals surface area contributed by atoms with Crippen LogP contribution >= 0.6 is 0 Å². The molecule has 1 aromatic carbocycles. The van der Waals surface area contributed by atoms with E-state index in [1.165, 1.54) is 12.1 Å². The van der Waals surface area contributed by atoms with E-state index in [0.717, 1.165) is 6.07 Å². The Balaban J connectivity index is 1.95. The van der Waals surface area contributed by atoms with Crippen molar-refractivity contribution in [3.8, 4) is 0 Å². The van der Waals surface area contributed by atoms with Gasteiger partial charge in [-0.1, -0.05) is 11.2 Å².